The number of aliphatic hydroxyl groups is 1. The summed E-state index contributed by atoms with van der Waals surface area (Å²) < 4.78 is 10.2. The smallest absolute Gasteiger partial charge is 0.335 e. The summed E-state index contributed by atoms with van der Waals surface area (Å²) in [4.78, 5) is 64.7. The maximum atomic E-state index is 13.0. The van der Waals surface area contributed by atoms with Crippen molar-refractivity contribution in [3.63, 3.8) is 0 Å². The van der Waals surface area contributed by atoms with Crippen molar-refractivity contribution in [3.8, 4) is 11.5 Å². The number of ether oxygens (including phenoxy) is 2. The number of aliphatic hydroxyl groups excluding tert-OH is 1. The molecule has 3 atom stereocenters. The number of nitrogens with one attached hydrogen (secondary N) is 2. The Hall–Kier alpha value is -4.97. The first-order valence-electron chi connectivity index (χ1n) is 12.3. The lowest BCUT2D eigenvalue weighted by molar-refractivity contribution is -0.129. The number of nitrogens with zero attached hydrogens (tertiary/aromatic N) is 2. The number of imide groups is 3. The van der Waals surface area contributed by atoms with Crippen LogP contribution in [0.5, 0.6) is 11.5 Å². The third-order valence-corrected chi connectivity index (χ3v) is 6.52. The molecule has 2 saturated heterocycles. The molecule has 2 aliphatic rings. The summed E-state index contributed by atoms with van der Waals surface area (Å²) in [6.07, 6.45) is 3.14. The molecule has 0 radical (unpaired) electrons. The van der Waals surface area contributed by atoms with Crippen molar-refractivity contribution in [1.29, 1.82) is 0 Å². The molecule has 4 rings (SSSR count). The Bertz CT molecular complexity index is 1380. The third kappa shape index (κ3) is 5.71. The van der Waals surface area contributed by atoms with Crippen LogP contribution in [0, 0.1) is 11.8 Å². The SMILES string of the molecule is COc1ccc(N2C(=O)NC(=O)/C(=C\C=C\C(C)CC3C(=O)NC(=O)N(c4ccc(OC)cc4)C3O)C2=O)cc1. The van der Waals surface area contributed by atoms with Crippen LogP contribution in [0.3, 0.4) is 0 Å². The average molecular weight is 549 g/mol. The topological polar surface area (TPSA) is 155 Å². The van der Waals surface area contributed by atoms with Gasteiger partial charge < -0.3 is 14.6 Å². The van der Waals surface area contributed by atoms with E-state index in [0.29, 0.717) is 17.2 Å². The molecule has 7 amide bonds. The molecule has 2 heterocycles. The standard InChI is InChI=1S/C28H28N4O8/c1-16(15-22-24(34)30-28(38)32(26(22)36)18-9-13-20(40-3)14-10-18)5-4-6-21-23(33)29-27(37)31(25(21)35)17-7-11-19(39-2)12-8-17/h4-14,16,22,26,36H,15H2,1-3H3,(H,29,33,37)(H,30,34,38)/b5-4+,21-6+. The van der Waals surface area contributed by atoms with Crippen LogP contribution in [0.2, 0.25) is 0 Å². The number of hydrogen-bond acceptors (Lipinski definition) is 8. The predicted octanol–water partition coefficient (Wildman–Crippen LogP) is 2.49. The fourth-order valence-electron chi connectivity index (χ4n) is 4.40. The van der Waals surface area contributed by atoms with Gasteiger partial charge in [0.25, 0.3) is 11.8 Å². The molecule has 0 spiro atoms. The minimum absolute atomic E-state index is 0.156. The second-order valence-electron chi connectivity index (χ2n) is 9.16. The van der Waals surface area contributed by atoms with Gasteiger partial charge in [0.1, 0.15) is 23.3 Å². The van der Waals surface area contributed by atoms with Crippen LogP contribution in [0.1, 0.15) is 13.3 Å². The lowest BCUT2D eigenvalue weighted by atomic mass is 9.91. The number of hydrogen-bond donors (Lipinski definition) is 3. The van der Waals surface area contributed by atoms with Gasteiger partial charge in [0.15, 0.2) is 0 Å². The fourth-order valence-corrected chi connectivity index (χ4v) is 4.40. The normalized spacial score (nSPS) is 21.5. The molecular weight excluding hydrogens is 520 g/mol. The zero-order valence-corrected chi connectivity index (χ0v) is 22.0. The highest BCUT2D eigenvalue weighted by Crippen LogP contribution is 2.29. The Morgan fingerprint density at radius 3 is 2.02 bits per heavy atom. The van der Waals surface area contributed by atoms with Crippen LogP contribution in [-0.4, -0.2) is 55.3 Å². The number of urea groups is 2. The van der Waals surface area contributed by atoms with Crippen molar-refractivity contribution in [2.45, 2.75) is 19.6 Å². The summed E-state index contributed by atoms with van der Waals surface area (Å²) in [5, 5.41) is 15.3. The molecule has 3 unspecified atom stereocenters. The number of carbonyl (C=O) groups excluding carboxylic acids is 5. The van der Waals surface area contributed by atoms with E-state index in [9.17, 15) is 29.1 Å². The van der Waals surface area contributed by atoms with Gasteiger partial charge in [-0.25, -0.2) is 14.5 Å². The van der Waals surface area contributed by atoms with Crippen LogP contribution in [0.25, 0.3) is 0 Å². The molecule has 208 valence electrons. The fraction of sp³-hybridized carbons (Fsp3) is 0.250. The van der Waals surface area contributed by atoms with E-state index < -0.39 is 41.9 Å². The molecule has 12 heteroatoms. The van der Waals surface area contributed by atoms with Gasteiger partial charge in [-0.05, 0) is 66.9 Å². The van der Waals surface area contributed by atoms with Gasteiger partial charge in [0.05, 0.1) is 25.8 Å². The van der Waals surface area contributed by atoms with Gasteiger partial charge in [0, 0.05) is 5.69 Å². The van der Waals surface area contributed by atoms with E-state index in [1.165, 1.54) is 38.5 Å². The van der Waals surface area contributed by atoms with Crippen LogP contribution in [0.4, 0.5) is 21.0 Å². The molecular formula is C28H28N4O8. The Kier molecular flexibility index (Phi) is 8.29. The van der Waals surface area contributed by atoms with Crippen LogP contribution >= 0.6 is 0 Å². The molecule has 12 nitrogen and oxygen atoms in total. The van der Waals surface area contributed by atoms with Crippen LogP contribution < -0.4 is 29.9 Å². The quantitative estimate of drug-likeness (QED) is 0.336. The van der Waals surface area contributed by atoms with E-state index >= 15 is 0 Å². The molecule has 0 bridgehead atoms. The van der Waals surface area contributed by atoms with Gasteiger partial charge in [-0.15, -0.1) is 0 Å². The van der Waals surface area contributed by atoms with E-state index in [1.54, 1.807) is 49.4 Å². The highest BCUT2D eigenvalue weighted by Gasteiger charge is 2.41. The van der Waals surface area contributed by atoms with Crippen molar-refractivity contribution >= 4 is 41.2 Å². The second-order valence-corrected chi connectivity index (χ2v) is 9.16. The van der Waals surface area contributed by atoms with Gasteiger partial charge in [0.2, 0.25) is 5.91 Å². The van der Waals surface area contributed by atoms with E-state index in [0.717, 1.165) is 9.80 Å². The van der Waals surface area contributed by atoms with Crippen molar-refractivity contribution in [1.82, 2.24) is 10.6 Å². The largest absolute Gasteiger partial charge is 0.497 e. The summed E-state index contributed by atoms with van der Waals surface area (Å²) >= 11 is 0. The number of benzene rings is 2. The van der Waals surface area contributed by atoms with Crippen LogP contribution in [-0.2, 0) is 14.4 Å². The predicted molar refractivity (Wildman–Crippen MR) is 144 cm³/mol. The summed E-state index contributed by atoms with van der Waals surface area (Å²) in [7, 11) is 2.99. The first kappa shape index (κ1) is 28.0. The van der Waals surface area contributed by atoms with E-state index in [-0.39, 0.29) is 23.6 Å². The lowest BCUT2D eigenvalue weighted by Gasteiger charge is -2.37. The second kappa shape index (κ2) is 11.8. The zero-order chi connectivity index (χ0) is 29.0. The van der Waals surface area contributed by atoms with E-state index in [4.69, 9.17) is 9.47 Å². The molecule has 2 aliphatic heterocycles. The first-order chi connectivity index (χ1) is 19.1. The molecule has 2 aromatic rings. The molecule has 40 heavy (non-hydrogen) atoms. The minimum atomic E-state index is -1.42. The van der Waals surface area contributed by atoms with Crippen molar-refractivity contribution < 1.29 is 38.6 Å². The maximum Gasteiger partial charge on any atom is 0.335 e. The van der Waals surface area contributed by atoms with Crippen molar-refractivity contribution in [3.05, 3.63) is 72.3 Å². The number of rotatable bonds is 8. The molecule has 3 N–H and O–H groups in total. The van der Waals surface area contributed by atoms with E-state index in [1.807, 2.05) is 0 Å². The Labute approximate surface area is 229 Å². The first-order valence-corrected chi connectivity index (χ1v) is 12.3. The number of amides is 7. The molecule has 0 aliphatic carbocycles. The highest BCUT2D eigenvalue weighted by atomic mass is 16.5. The summed E-state index contributed by atoms with van der Waals surface area (Å²) in [6, 6.07) is 11.0. The number of allylic oxidation sites excluding steroid dienone is 3. The third-order valence-electron chi connectivity index (χ3n) is 6.52. The number of methoxy groups -OCH3 is 2. The number of carbonyl (C=O) groups is 5. The van der Waals surface area contributed by atoms with Crippen molar-refractivity contribution in [2.24, 2.45) is 11.8 Å². The van der Waals surface area contributed by atoms with Gasteiger partial charge in [-0.3, -0.25) is 29.9 Å². The maximum absolute atomic E-state index is 13.0. The Morgan fingerprint density at radius 2 is 1.45 bits per heavy atom. The zero-order valence-electron chi connectivity index (χ0n) is 22.0. The van der Waals surface area contributed by atoms with Gasteiger partial charge in [-0.2, -0.15) is 0 Å². The Balaban J connectivity index is 1.46. The van der Waals surface area contributed by atoms with Gasteiger partial charge >= 0.3 is 12.1 Å². The number of anilines is 2. The average Bonchev–Trinajstić information content (AvgIpc) is 2.93. The minimum Gasteiger partial charge on any atom is -0.497 e. The number of barbiturate groups is 1. The van der Waals surface area contributed by atoms with Gasteiger partial charge in [-0.1, -0.05) is 19.1 Å². The molecule has 2 aromatic carbocycles. The monoisotopic (exact) mass is 548 g/mol. The highest BCUT2D eigenvalue weighted by molar-refractivity contribution is 6.37. The van der Waals surface area contributed by atoms with Crippen LogP contribution in [0.15, 0.2) is 72.3 Å². The Morgan fingerprint density at radius 1 is 0.875 bits per heavy atom. The van der Waals surface area contributed by atoms with E-state index in [2.05, 4.69) is 10.6 Å². The van der Waals surface area contributed by atoms with Crippen molar-refractivity contribution in [2.75, 3.05) is 24.0 Å². The summed E-state index contributed by atoms with van der Waals surface area (Å²) in [5.41, 5.74) is 0.381. The molecule has 2 fully saturated rings. The molecule has 0 saturated carbocycles. The summed E-state index contributed by atoms with van der Waals surface area (Å²) in [5.74, 6) is -2.41. The molecule has 0 aromatic heterocycles. The lowest BCUT2D eigenvalue weighted by Crippen LogP contribution is -2.60. The summed E-state index contributed by atoms with van der Waals surface area (Å²) in [6.45, 7) is 1.78.